The molecule has 0 bridgehead atoms. The molecule has 3 aromatic heterocycles. The third-order valence-corrected chi connectivity index (χ3v) is 5.70. The van der Waals surface area contributed by atoms with Gasteiger partial charge in [-0.05, 0) is 31.0 Å². The molecule has 1 fully saturated rings. The molecule has 1 saturated heterocycles. The molecule has 1 aliphatic heterocycles. The quantitative estimate of drug-likeness (QED) is 0.640. The Labute approximate surface area is 167 Å². The van der Waals surface area contributed by atoms with Gasteiger partial charge in [-0.1, -0.05) is 0 Å². The predicted molar refractivity (Wildman–Crippen MR) is 111 cm³/mol. The number of aromatic nitrogens is 3. The van der Waals surface area contributed by atoms with E-state index in [1.54, 1.807) is 30.2 Å². The maximum Gasteiger partial charge on any atom is 0.187 e. The van der Waals surface area contributed by atoms with Crippen LogP contribution in [0.5, 0.6) is 0 Å². The first-order valence-electron chi connectivity index (χ1n) is 9.24. The van der Waals surface area contributed by atoms with Gasteiger partial charge in [-0.3, -0.25) is 14.8 Å². The molecule has 4 N–H and O–H groups in total. The van der Waals surface area contributed by atoms with Gasteiger partial charge in [0.2, 0.25) is 0 Å². The lowest BCUT2D eigenvalue weighted by Gasteiger charge is -2.33. The Morgan fingerprint density at radius 3 is 2.93 bits per heavy atom. The Balaban J connectivity index is 1.60. The number of rotatable bonds is 5. The minimum atomic E-state index is -0.126. The largest absolute Gasteiger partial charge is 0.397 e. The molecule has 1 aliphatic rings. The lowest BCUT2D eigenvalue weighted by Crippen LogP contribution is -2.43. The zero-order valence-electron chi connectivity index (χ0n) is 15.4. The number of pyridine rings is 2. The van der Waals surface area contributed by atoms with Gasteiger partial charge in [0.1, 0.15) is 5.69 Å². The molecule has 28 heavy (non-hydrogen) atoms. The summed E-state index contributed by atoms with van der Waals surface area (Å²) in [6.45, 7) is 1.71. The number of piperidine rings is 1. The van der Waals surface area contributed by atoms with Gasteiger partial charge in [0.05, 0.1) is 21.8 Å². The molecule has 0 amide bonds. The molecule has 3 aromatic rings. The fourth-order valence-corrected chi connectivity index (χ4v) is 4.11. The van der Waals surface area contributed by atoms with Gasteiger partial charge in [0.15, 0.2) is 5.78 Å². The maximum atomic E-state index is 13.0. The highest BCUT2D eigenvalue weighted by Crippen LogP contribution is 2.27. The Morgan fingerprint density at radius 2 is 2.14 bits per heavy atom. The van der Waals surface area contributed by atoms with Crippen molar-refractivity contribution >= 4 is 28.5 Å². The minimum Gasteiger partial charge on any atom is -0.397 e. The number of carbonyl (C=O) groups excluding carboxylic acids is 1. The van der Waals surface area contributed by atoms with Crippen LogP contribution in [0.15, 0.2) is 42.3 Å². The monoisotopic (exact) mass is 394 g/mol. The van der Waals surface area contributed by atoms with Crippen LogP contribution in [-0.4, -0.2) is 39.9 Å². The highest BCUT2D eigenvalue weighted by molar-refractivity contribution is 7.13. The molecule has 1 atom stereocenters. The number of thiazole rings is 1. The first-order chi connectivity index (χ1) is 13.6. The molecule has 4 heterocycles. The Bertz CT molecular complexity index is 975. The molecule has 8 heteroatoms. The third-order valence-electron chi connectivity index (χ3n) is 4.90. The number of anilines is 2. The fourth-order valence-electron chi connectivity index (χ4n) is 3.52. The smallest absolute Gasteiger partial charge is 0.187 e. The average Bonchev–Trinajstić information content (AvgIpc) is 3.23. The lowest BCUT2D eigenvalue weighted by molar-refractivity contribution is 0.0989. The molecule has 4 rings (SSSR count). The van der Waals surface area contributed by atoms with E-state index in [1.165, 1.54) is 11.3 Å². The van der Waals surface area contributed by atoms with Crippen molar-refractivity contribution in [2.45, 2.75) is 25.3 Å². The van der Waals surface area contributed by atoms with Crippen molar-refractivity contribution in [1.29, 1.82) is 0 Å². The predicted octanol–water partition coefficient (Wildman–Crippen LogP) is 2.54. The molecule has 0 unspecified atom stereocenters. The zero-order valence-corrected chi connectivity index (χ0v) is 16.2. The second-order valence-corrected chi connectivity index (χ2v) is 7.84. The van der Waals surface area contributed by atoms with Crippen LogP contribution in [0.3, 0.4) is 0 Å². The number of carbonyl (C=O) groups is 1. The van der Waals surface area contributed by atoms with Crippen LogP contribution in [0.2, 0.25) is 0 Å². The van der Waals surface area contributed by atoms with Crippen molar-refractivity contribution in [1.82, 2.24) is 15.0 Å². The number of hydrogen-bond acceptors (Lipinski definition) is 8. The van der Waals surface area contributed by atoms with Gasteiger partial charge in [0.25, 0.3) is 0 Å². The average molecular weight is 395 g/mol. The van der Waals surface area contributed by atoms with Gasteiger partial charge < -0.3 is 16.4 Å². The second-order valence-electron chi connectivity index (χ2n) is 6.95. The standard InChI is InChI=1S/C20H22N6OS/c21-14-2-1-7-26(11-14)17-5-6-23-9-13(17)8-18(27)20-15(22)3-4-16(25-20)19-10-24-12-28-19/h3-6,9-10,12,14H,1-2,7-8,11,21-22H2/t14-/m0/s1. The number of hydrogen-bond donors (Lipinski definition) is 2. The van der Waals surface area contributed by atoms with Gasteiger partial charge in [-0.2, -0.15) is 0 Å². The SMILES string of the molecule is Nc1ccc(-c2cncs2)nc1C(=O)Cc1cnccc1N1CCC[C@H](N)C1. The molecular weight excluding hydrogens is 372 g/mol. The van der Waals surface area contributed by atoms with Crippen LogP contribution in [0.1, 0.15) is 28.9 Å². The van der Waals surface area contributed by atoms with Gasteiger partial charge >= 0.3 is 0 Å². The van der Waals surface area contributed by atoms with E-state index in [4.69, 9.17) is 11.5 Å². The van der Waals surface area contributed by atoms with Crippen molar-refractivity contribution in [2.24, 2.45) is 5.73 Å². The molecular formula is C20H22N6OS. The van der Waals surface area contributed by atoms with Gasteiger partial charge in [0, 0.05) is 55.4 Å². The van der Waals surface area contributed by atoms with Crippen LogP contribution in [0.4, 0.5) is 11.4 Å². The van der Waals surface area contributed by atoms with Gasteiger partial charge in [-0.15, -0.1) is 11.3 Å². The van der Waals surface area contributed by atoms with Gasteiger partial charge in [-0.25, -0.2) is 4.98 Å². The number of ketones is 1. The molecule has 0 aromatic carbocycles. The summed E-state index contributed by atoms with van der Waals surface area (Å²) in [4.78, 5) is 29.0. The highest BCUT2D eigenvalue weighted by Gasteiger charge is 2.22. The fraction of sp³-hybridized carbons (Fsp3) is 0.300. The number of nitrogens with zero attached hydrogens (tertiary/aromatic N) is 4. The topological polar surface area (TPSA) is 111 Å². The Hall–Kier alpha value is -2.84. The van der Waals surface area contributed by atoms with Crippen molar-refractivity contribution in [3.05, 3.63) is 53.6 Å². The van der Waals surface area contributed by atoms with Crippen molar-refractivity contribution in [3.8, 4) is 10.6 Å². The summed E-state index contributed by atoms with van der Waals surface area (Å²) in [5.41, 5.74) is 17.2. The summed E-state index contributed by atoms with van der Waals surface area (Å²) in [7, 11) is 0. The van der Waals surface area contributed by atoms with E-state index in [-0.39, 0.29) is 23.9 Å². The minimum absolute atomic E-state index is 0.126. The molecule has 0 radical (unpaired) electrons. The highest BCUT2D eigenvalue weighted by atomic mass is 32.1. The number of nitrogen functional groups attached to an aromatic ring is 1. The summed E-state index contributed by atoms with van der Waals surface area (Å²) in [5, 5.41) is 0. The van der Waals surface area contributed by atoms with Crippen LogP contribution in [-0.2, 0) is 6.42 Å². The summed E-state index contributed by atoms with van der Waals surface area (Å²) >= 11 is 1.47. The summed E-state index contributed by atoms with van der Waals surface area (Å²) in [6.07, 6.45) is 7.49. The normalized spacial score (nSPS) is 16.9. The first kappa shape index (κ1) is 18.5. The van der Waals surface area contributed by atoms with Crippen molar-refractivity contribution in [2.75, 3.05) is 23.7 Å². The van der Waals surface area contributed by atoms with E-state index in [1.807, 2.05) is 12.1 Å². The van der Waals surface area contributed by atoms with Crippen LogP contribution >= 0.6 is 11.3 Å². The number of Topliss-reactive ketones (excluding diaryl/α,β-unsaturated/α-hetero) is 1. The summed E-state index contributed by atoms with van der Waals surface area (Å²) in [6, 6.07) is 5.64. The molecule has 144 valence electrons. The Kier molecular flexibility index (Phi) is 5.31. The Morgan fingerprint density at radius 1 is 1.25 bits per heavy atom. The van der Waals surface area contributed by atoms with E-state index < -0.39 is 0 Å². The lowest BCUT2D eigenvalue weighted by atomic mass is 10.0. The summed E-state index contributed by atoms with van der Waals surface area (Å²) < 4.78 is 0. The van der Waals surface area contributed by atoms with E-state index >= 15 is 0 Å². The zero-order chi connectivity index (χ0) is 19.5. The number of nitrogens with two attached hydrogens (primary N) is 2. The molecule has 7 nitrogen and oxygen atoms in total. The maximum absolute atomic E-state index is 13.0. The van der Waals surface area contributed by atoms with Crippen molar-refractivity contribution < 1.29 is 4.79 Å². The van der Waals surface area contributed by atoms with Crippen LogP contribution < -0.4 is 16.4 Å². The second kappa shape index (κ2) is 8.04. The summed E-state index contributed by atoms with van der Waals surface area (Å²) in [5.74, 6) is -0.126. The van der Waals surface area contributed by atoms with Crippen LogP contribution in [0.25, 0.3) is 10.6 Å². The molecule has 0 saturated carbocycles. The van der Waals surface area contributed by atoms with E-state index in [0.717, 1.165) is 42.1 Å². The van der Waals surface area contributed by atoms with E-state index in [9.17, 15) is 4.79 Å². The first-order valence-corrected chi connectivity index (χ1v) is 10.1. The third kappa shape index (κ3) is 3.88. The van der Waals surface area contributed by atoms with Crippen LogP contribution in [0, 0.1) is 0 Å². The molecule has 0 spiro atoms. The van der Waals surface area contributed by atoms with Crippen molar-refractivity contribution in [3.63, 3.8) is 0 Å². The van der Waals surface area contributed by atoms with E-state index in [0.29, 0.717) is 11.4 Å². The molecule has 0 aliphatic carbocycles. The van der Waals surface area contributed by atoms with E-state index in [2.05, 4.69) is 19.9 Å².